The first-order valence-corrected chi connectivity index (χ1v) is 10.2. The number of hydrogen-bond acceptors (Lipinski definition) is 7. The SMILES string of the molecule is CC(C)n1cnc2cc(N3CCN(c4ncnc5ncccc45)CC3)ccc2c1=O. The topological polar surface area (TPSA) is 80.0 Å². The van der Waals surface area contributed by atoms with Crippen LogP contribution in [0.3, 0.4) is 0 Å². The molecule has 3 aromatic heterocycles. The van der Waals surface area contributed by atoms with E-state index >= 15 is 0 Å². The Morgan fingerprint density at radius 1 is 0.900 bits per heavy atom. The summed E-state index contributed by atoms with van der Waals surface area (Å²) in [5, 5.41) is 1.64. The number of aromatic nitrogens is 5. The largest absolute Gasteiger partial charge is 0.368 e. The fourth-order valence-corrected chi connectivity index (χ4v) is 4.00. The molecule has 1 aromatic carbocycles. The quantitative estimate of drug-likeness (QED) is 0.522. The predicted molar refractivity (Wildman–Crippen MR) is 118 cm³/mol. The highest BCUT2D eigenvalue weighted by Gasteiger charge is 2.21. The molecule has 0 bridgehead atoms. The summed E-state index contributed by atoms with van der Waals surface area (Å²) in [5.41, 5.74) is 2.56. The average molecular weight is 401 g/mol. The van der Waals surface area contributed by atoms with Crippen molar-refractivity contribution in [2.45, 2.75) is 19.9 Å². The van der Waals surface area contributed by atoms with Gasteiger partial charge in [-0.1, -0.05) is 0 Å². The summed E-state index contributed by atoms with van der Waals surface area (Å²) in [6, 6.07) is 9.96. The highest BCUT2D eigenvalue weighted by atomic mass is 16.1. The van der Waals surface area contributed by atoms with Gasteiger partial charge < -0.3 is 9.80 Å². The van der Waals surface area contributed by atoms with Gasteiger partial charge in [0.1, 0.15) is 12.1 Å². The molecule has 0 atom stereocenters. The molecule has 30 heavy (non-hydrogen) atoms. The van der Waals surface area contributed by atoms with Gasteiger partial charge in [0.05, 0.1) is 22.6 Å². The van der Waals surface area contributed by atoms with E-state index in [9.17, 15) is 4.79 Å². The fraction of sp³-hybridized carbons (Fsp3) is 0.318. The van der Waals surface area contributed by atoms with E-state index in [4.69, 9.17) is 0 Å². The van der Waals surface area contributed by atoms with Crippen molar-refractivity contribution in [1.82, 2.24) is 24.5 Å². The fourth-order valence-electron chi connectivity index (χ4n) is 4.00. The van der Waals surface area contributed by atoms with Crippen LogP contribution in [-0.2, 0) is 0 Å². The summed E-state index contributed by atoms with van der Waals surface area (Å²) in [7, 11) is 0. The lowest BCUT2D eigenvalue weighted by molar-refractivity contribution is 0.573. The van der Waals surface area contributed by atoms with Gasteiger partial charge in [-0.2, -0.15) is 0 Å². The molecule has 0 aliphatic carbocycles. The molecule has 1 aliphatic heterocycles. The molecule has 0 spiro atoms. The Kier molecular flexibility index (Phi) is 4.54. The third-order valence-corrected chi connectivity index (χ3v) is 5.66. The van der Waals surface area contributed by atoms with Crippen LogP contribution >= 0.6 is 0 Å². The van der Waals surface area contributed by atoms with Crippen molar-refractivity contribution in [2.75, 3.05) is 36.0 Å². The maximum Gasteiger partial charge on any atom is 0.261 e. The van der Waals surface area contributed by atoms with Gasteiger partial charge in [0, 0.05) is 44.1 Å². The first kappa shape index (κ1) is 18.5. The highest BCUT2D eigenvalue weighted by Crippen LogP contribution is 2.25. The second-order valence-electron chi connectivity index (χ2n) is 7.80. The van der Waals surface area contributed by atoms with Crippen LogP contribution in [0.15, 0.2) is 54.0 Å². The third kappa shape index (κ3) is 3.14. The van der Waals surface area contributed by atoms with E-state index in [1.54, 1.807) is 23.4 Å². The van der Waals surface area contributed by atoms with E-state index in [1.165, 1.54) is 0 Å². The van der Waals surface area contributed by atoms with Crippen molar-refractivity contribution < 1.29 is 0 Å². The molecule has 5 rings (SSSR count). The number of anilines is 2. The van der Waals surface area contributed by atoms with Crippen LogP contribution in [-0.4, -0.2) is 50.7 Å². The van der Waals surface area contributed by atoms with Crippen molar-refractivity contribution in [1.29, 1.82) is 0 Å². The Hall–Kier alpha value is -3.55. The van der Waals surface area contributed by atoms with E-state index in [0.29, 0.717) is 5.39 Å². The number of piperazine rings is 1. The number of fused-ring (bicyclic) bond motifs is 2. The van der Waals surface area contributed by atoms with Crippen LogP contribution in [0, 0.1) is 0 Å². The van der Waals surface area contributed by atoms with Crippen LogP contribution in [0.5, 0.6) is 0 Å². The van der Waals surface area contributed by atoms with Crippen LogP contribution < -0.4 is 15.4 Å². The van der Waals surface area contributed by atoms with E-state index in [1.807, 2.05) is 44.2 Å². The summed E-state index contributed by atoms with van der Waals surface area (Å²) in [6.07, 6.45) is 4.97. The summed E-state index contributed by atoms with van der Waals surface area (Å²) >= 11 is 0. The molecule has 0 N–H and O–H groups in total. The van der Waals surface area contributed by atoms with E-state index in [0.717, 1.165) is 54.2 Å². The van der Waals surface area contributed by atoms with Gasteiger partial charge in [-0.25, -0.2) is 19.9 Å². The molecule has 1 saturated heterocycles. The first-order valence-electron chi connectivity index (χ1n) is 10.2. The van der Waals surface area contributed by atoms with Crippen molar-refractivity contribution in [3.63, 3.8) is 0 Å². The lowest BCUT2D eigenvalue weighted by atomic mass is 10.2. The highest BCUT2D eigenvalue weighted by molar-refractivity contribution is 5.86. The molecule has 0 saturated carbocycles. The minimum Gasteiger partial charge on any atom is -0.368 e. The van der Waals surface area contributed by atoms with Crippen LogP contribution in [0.2, 0.25) is 0 Å². The Morgan fingerprint density at radius 3 is 2.50 bits per heavy atom. The van der Waals surface area contributed by atoms with Gasteiger partial charge in [-0.3, -0.25) is 9.36 Å². The van der Waals surface area contributed by atoms with Crippen LogP contribution in [0.4, 0.5) is 11.5 Å². The minimum absolute atomic E-state index is 0.00983. The monoisotopic (exact) mass is 401 g/mol. The first-order chi connectivity index (χ1) is 14.6. The third-order valence-electron chi connectivity index (χ3n) is 5.66. The number of benzene rings is 1. The molecule has 4 heterocycles. The van der Waals surface area contributed by atoms with Gasteiger partial charge in [-0.15, -0.1) is 0 Å². The van der Waals surface area contributed by atoms with Crippen LogP contribution in [0.25, 0.3) is 21.9 Å². The van der Waals surface area contributed by atoms with Gasteiger partial charge in [0.25, 0.3) is 5.56 Å². The molecular weight excluding hydrogens is 378 g/mol. The maximum absolute atomic E-state index is 12.7. The summed E-state index contributed by atoms with van der Waals surface area (Å²) < 4.78 is 1.67. The lowest BCUT2D eigenvalue weighted by Gasteiger charge is -2.37. The Morgan fingerprint density at radius 2 is 1.70 bits per heavy atom. The molecule has 4 aromatic rings. The molecular formula is C22H23N7O. The maximum atomic E-state index is 12.7. The standard InChI is InChI=1S/C22H23N7O/c1-15(2)29-14-26-19-12-16(5-6-17(19)22(29)30)27-8-10-28(11-9-27)21-18-4-3-7-23-20(18)24-13-25-21/h3-7,12-15H,8-11H2,1-2H3. The molecule has 1 aliphatic rings. The number of nitrogens with zero attached hydrogens (tertiary/aromatic N) is 7. The molecule has 0 radical (unpaired) electrons. The minimum atomic E-state index is 0.00983. The zero-order chi connectivity index (χ0) is 20.7. The second kappa shape index (κ2) is 7.37. The normalized spacial score (nSPS) is 14.8. The van der Waals surface area contributed by atoms with Gasteiger partial charge in [0.15, 0.2) is 5.65 Å². The second-order valence-corrected chi connectivity index (χ2v) is 7.80. The number of hydrogen-bond donors (Lipinski definition) is 0. The summed E-state index contributed by atoms with van der Waals surface area (Å²) in [5.74, 6) is 0.933. The predicted octanol–water partition coefficient (Wildman–Crippen LogP) is 2.64. The van der Waals surface area contributed by atoms with Crippen molar-refractivity contribution in [2.24, 2.45) is 0 Å². The van der Waals surface area contributed by atoms with Gasteiger partial charge in [-0.05, 0) is 44.2 Å². The van der Waals surface area contributed by atoms with Crippen molar-refractivity contribution >= 4 is 33.4 Å². The summed E-state index contributed by atoms with van der Waals surface area (Å²) in [6.45, 7) is 7.39. The number of rotatable bonds is 3. The molecule has 8 nitrogen and oxygen atoms in total. The molecule has 0 unspecified atom stereocenters. The average Bonchev–Trinajstić information content (AvgIpc) is 2.78. The molecule has 0 amide bonds. The molecule has 8 heteroatoms. The molecule has 1 fully saturated rings. The van der Waals surface area contributed by atoms with E-state index < -0.39 is 0 Å². The van der Waals surface area contributed by atoms with Crippen molar-refractivity contribution in [3.8, 4) is 0 Å². The Balaban J connectivity index is 1.38. The Bertz CT molecular complexity index is 1270. The van der Waals surface area contributed by atoms with E-state index in [2.05, 4.69) is 29.7 Å². The van der Waals surface area contributed by atoms with Crippen LogP contribution in [0.1, 0.15) is 19.9 Å². The zero-order valence-corrected chi connectivity index (χ0v) is 17.1. The van der Waals surface area contributed by atoms with Gasteiger partial charge in [0.2, 0.25) is 0 Å². The zero-order valence-electron chi connectivity index (χ0n) is 17.1. The van der Waals surface area contributed by atoms with E-state index in [-0.39, 0.29) is 11.6 Å². The smallest absolute Gasteiger partial charge is 0.261 e. The Labute approximate surface area is 173 Å². The number of pyridine rings is 1. The molecule has 152 valence electrons. The van der Waals surface area contributed by atoms with Crippen molar-refractivity contribution in [3.05, 3.63) is 59.5 Å². The summed E-state index contributed by atoms with van der Waals surface area (Å²) in [4.78, 5) is 34.9. The van der Waals surface area contributed by atoms with Gasteiger partial charge >= 0.3 is 0 Å². The lowest BCUT2D eigenvalue weighted by Crippen LogP contribution is -2.47.